The van der Waals surface area contributed by atoms with E-state index in [1.807, 2.05) is 18.2 Å². The summed E-state index contributed by atoms with van der Waals surface area (Å²) in [6.07, 6.45) is 2.55. The maximum absolute atomic E-state index is 13.4. The molecule has 5 rings (SSSR count). The van der Waals surface area contributed by atoms with Crippen molar-refractivity contribution in [2.75, 3.05) is 53.6 Å². The molecule has 1 fully saturated rings. The first-order chi connectivity index (χ1) is 19.6. The van der Waals surface area contributed by atoms with E-state index in [-0.39, 0.29) is 11.8 Å². The van der Waals surface area contributed by atoms with Crippen molar-refractivity contribution in [3.05, 3.63) is 95.2 Å². The minimum absolute atomic E-state index is 0.0309. The van der Waals surface area contributed by atoms with Crippen LogP contribution in [-0.4, -0.2) is 69.0 Å². The van der Waals surface area contributed by atoms with Gasteiger partial charge in [-0.05, 0) is 41.8 Å². The Hall–Kier alpha value is -3.81. The normalized spacial score (nSPS) is 14.7. The van der Waals surface area contributed by atoms with Gasteiger partial charge in [0.2, 0.25) is 5.91 Å². The molecule has 1 aliphatic rings. The van der Waals surface area contributed by atoms with E-state index >= 15 is 0 Å². The van der Waals surface area contributed by atoms with Crippen LogP contribution >= 0.6 is 0 Å². The van der Waals surface area contributed by atoms with Crippen LogP contribution < -0.4 is 14.8 Å². The number of ether oxygens (including phenoxy) is 3. The van der Waals surface area contributed by atoms with Crippen molar-refractivity contribution >= 4 is 16.8 Å². The van der Waals surface area contributed by atoms with Gasteiger partial charge in [0.1, 0.15) is 0 Å². The maximum atomic E-state index is 13.4. The molecule has 1 aromatic heterocycles. The average molecular weight is 542 g/mol. The van der Waals surface area contributed by atoms with Crippen LogP contribution in [0, 0.1) is 6.92 Å². The van der Waals surface area contributed by atoms with Crippen LogP contribution in [0.3, 0.4) is 0 Å². The zero-order chi connectivity index (χ0) is 27.9. The van der Waals surface area contributed by atoms with E-state index in [1.165, 1.54) is 11.1 Å². The number of aromatic nitrogens is 1. The van der Waals surface area contributed by atoms with Gasteiger partial charge in [-0.3, -0.25) is 9.69 Å². The molecule has 2 heterocycles. The van der Waals surface area contributed by atoms with Crippen LogP contribution in [0.2, 0.25) is 0 Å². The van der Waals surface area contributed by atoms with Gasteiger partial charge in [0.15, 0.2) is 11.5 Å². The van der Waals surface area contributed by atoms with Gasteiger partial charge in [0, 0.05) is 62.2 Å². The van der Waals surface area contributed by atoms with Crippen molar-refractivity contribution in [3.63, 3.8) is 0 Å². The topological polar surface area (TPSA) is 65.0 Å². The highest BCUT2D eigenvalue weighted by Gasteiger charge is 2.24. The Morgan fingerprint density at radius 3 is 2.48 bits per heavy atom. The Morgan fingerprint density at radius 2 is 1.73 bits per heavy atom. The molecule has 1 saturated heterocycles. The van der Waals surface area contributed by atoms with E-state index in [1.54, 1.807) is 14.2 Å². The van der Waals surface area contributed by atoms with E-state index < -0.39 is 0 Å². The SMILES string of the molecule is COc1ccc([C@H](CC(=O)NCCN2CCOCC2)c2cn(Cc3ccc(C)cc3)c3ccccc23)cc1OC. The first kappa shape index (κ1) is 27.7. The molecule has 0 unspecified atom stereocenters. The molecule has 0 bridgehead atoms. The second-order valence-electron chi connectivity index (χ2n) is 10.4. The molecule has 1 N–H and O–H groups in total. The lowest BCUT2D eigenvalue weighted by atomic mass is 9.87. The largest absolute Gasteiger partial charge is 0.493 e. The third kappa shape index (κ3) is 6.49. The van der Waals surface area contributed by atoms with E-state index in [9.17, 15) is 4.79 Å². The number of aryl methyl sites for hydroxylation is 1. The highest BCUT2D eigenvalue weighted by molar-refractivity contribution is 5.87. The summed E-state index contributed by atoms with van der Waals surface area (Å²) in [7, 11) is 3.28. The Labute approximate surface area is 236 Å². The van der Waals surface area contributed by atoms with Gasteiger partial charge in [-0.2, -0.15) is 0 Å². The predicted molar refractivity (Wildman–Crippen MR) is 158 cm³/mol. The molecule has 40 heavy (non-hydrogen) atoms. The molecule has 210 valence electrons. The summed E-state index contributed by atoms with van der Waals surface area (Å²) >= 11 is 0. The Bertz CT molecular complexity index is 1420. The van der Waals surface area contributed by atoms with E-state index in [4.69, 9.17) is 14.2 Å². The van der Waals surface area contributed by atoms with E-state index in [0.29, 0.717) is 24.5 Å². The number of amides is 1. The van der Waals surface area contributed by atoms with Crippen molar-refractivity contribution in [1.82, 2.24) is 14.8 Å². The maximum Gasteiger partial charge on any atom is 0.220 e. The highest BCUT2D eigenvalue weighted by Crippen LogP contribution is 2.38. The quantitative estimate of drug-likeness (QED) is 0.290. The number of morpholine rings is 1. The second-order valence-corrected chi connectivity index (χ2v) is 10.4. The summed E-state index contributed by atoms with van der Waals surface area (Å²) in [6, 6.07) is 23.1. The smallest absolute Gasteiger partial charge is 0.220 e. The van der Waals surface area contributed by atoms with Crippen molar-refractivity contribution in [1.29, 1.82) is 0 Å². The van der Waals surface area contributed by atoms with Crippen LogP contribution in [-0.2, 0) is 16.1 Å². The lowest BCUT2D eigenvalue weighted by molar-refractivity contribution is -0.121. The number of para-hydroxylation sites is 1. The van der Waals surface area contributed by atoms with Gasteiger partial charge in [0.05, 0.1) is 27.4 Å². The predicted octanol–water partition coefficient (Wildman–Crippen LogP) is 4.99. The Kier molecular flexibility index (Phi) is 9.04. The van der Waals surface area contributed by atoms with Crippen molar-refractivity contribution in [2.24, 2.45) is 0 Å². The summed E-state index contributed by atoms with van der Waals surface area (Å²) < 4.78 is 18.9. The Morgan fingerprint density at radius 1 is 0.975 bits per heavy atom. The van der Waals surface area contributed by atoms with Gasteiger partial charge in [0.25, 0.3) is 0 Å². The molecular formula is C33H39N3O4. The number of nitrogens with one attached hydrogen (secondary N) is 1. The number of rotatable bonds is 11. The molecule has 1 amide bonds. The van der Waals surface area contributed by atoms with Crippen LogP contribution in [0.15, 0.2) is 72.9 Å². The first-order valence-corrected chi connectivity index (χ1v) is 14.0. The fourth-order valence-corrected chi connectivity index (χ4v) is 5.49. The van der Waals surface area contributed by atoms with E-state index in [2.05, 4.69) is 76.4 Å². The monoisotopic (exact) mass is 541 g/mol. The number of carbonyl (C=O) groups is 1. The molecule has 0 radical (unpaired) electrons. The summed E-state index contributed by atoms with van der Waals surface area (Å²) in [5.41, 5.74) is 5.77. The minimum Gasteiger partial charge on any atom is -0.493 e. The number of nitrogens with zero attached hydrogens (tertiary/aromatic N) is 2. The summed E-state index contributed by atoms with van der Waals surface area (Å²) in [4.78, 5) is 15.7. The number of hydrogen-bond donors (Lipinski definition) is 1. The number of fused-ring (bicyclic) bond motifs is 1. The zero-order valence-electron chi connectivity index (χ0n) is 23.7. The molecule has 3 aromatic carbocycles. The van der Waals surface area contributed by atoms with Crippen molar-refractivity contribution in [3.8, 4) is 11.5 Å². The fraction of sp³-hybridized carbons (Fsp3) is 0.364. The standard InChI is InChI=1S/C33H39N3O4/c1-24-8-10-25(11-9-24)22-36-23-29(27-6-4-5-7-30(27)36)28(26-12-13-31(38-2)32(20-26)39-3)21-33(37)34-14-15-35-16-18-40-19-17-35/h4-13,20,23,28H,14-19,21-22H2,1-3H3,(H,34,37)/t28-/m0/s1. The molecule has 1 atom stereocenters. The average Bonchev–Trinajstić information content (AvgIpc) is 3.35. The number of benzene rings is 3. The molecule has 1 aliphatic heterocycles. The van der Waals surface area contributed by atoms with Crippen LogP contribution in [0.4, 0.5) is 0 Å². The zero-order valence-corrected chi connectivity index (χ0v) is 23.7. The molecule has 7 nitrogen and oxygen atoms in total. The van der Waals surface area contributed by atoms with Crippen molar-refractivity contribution < 1.29 is 19.0 Å². The molecule has 4 aromatic rings. The third-order valence-corrected chi connectivity index (χ3v) is 7.72. The highest BCUT2D eigenvalue weighted by atomic mass is 16.5. The second kappa shape index (κ2) is 13.0. The van der Waals surface area contributed by atoms with Gasteiger partial charge in [-0.15, -0.1) is 0 Å². The lowest BCUT2D eigenvalue weighted by Crippen LogP contribution is -2.41. The van der Waals surface area contributed by atoms with Gasteiger partial charge >= 0.3 is 0 Å². The first-order valence-electron chi connectivity index (χ1n) is 14.0. The third-order valence-electron chi connectivity index (χ3n) is 7.72. The molecular weight excluding hydrogens is 502 g/mol. The lowest BCUT2D eigenvalue weighted by Gasteiger charge is -2.26. The minimum atomic E-state index is -0.160. The van der Waals surface area contributed by atoms with Crippen LogP contribution in [0.1, 0.15) is 34.6 Å². The number of methoxy groups -OCH3 is 2. The molecule has 0 saturated carbocycles. The summed E-state index contributed by atoms with van der Waals surface area (Å²) in [5, 5.41) is 4.32. The summed E-state index contributed by atoms with van der Waals surface area (Å²) in [5.74, 6) is 1.19. The number of hydrogen-bond acceptors (Lipinski definition) is 5. The molecule has 0 spiro atoms. The molecule has 0 aliphatic carbocycles. The van der Waals surface area contributed by atoms with Crippen LogP contribution in [0.5, 0.6) is 11.5 Å². The van der Waals surface area contributed by atoms with Gasteiger partial charge in [-0.25, -0.2) is 0 Å². The van der Waals surface area contributed by atoms with Crippen LogP contribution in [0.25, 0.3) is 10.9 Å². The van der Waals surface area contributed by atoms with Gasteiger partial charge < -0.3 is 24.1 Å². The molecule has 7 heteroatoms. The van der Waals surface area contributed by atoms with Crippen molar-refractivity contribution in [2.45, 2.75) is 25.8 Å². The Balaban J connectivity index is 1.46. The van der Waals surface area contributed by atoms with Gasteiger partial charge in [-0.1, -0.05) is 54.1 Å². The summed E-state index contributed by atoms with van der Waals surface area (Å²) in [6.45, 7) is 7.62. The fourth-order valence-electron chi connectivity index (χ4n) is 5.49. The van der Waals surface area contributed by atoms with E-state index in [0.717, 1.165) is 61.4 Å². The number of carbonyl (C=O) groups excluding carboxylic acids is 1.